The van der Waals surface area contributed by atoms with Crippen molar-refractivity contribution in [2.75, 3.05) is 18.0 Å². The Morgan fingerprint density at radius 1 is 1.36 bits per heavy atom. The maximum Gasteiger partial charge on any atom is 0.0681 e. The third kappa shape index (κ3) is 1.89. The van der Waals surface area contributed by atoms with E-state index in [0.29, 0.717) is 6.04 Å². The van der Waals surface area contributed by atoms with Crippen molar-refractivity contribution in [1.82, 2.24) is 0 Å². The average molecular weight is 192 g/mol. The van der Waals surface area contributed by atoms with Gasteiger partial charge in [-0.3, -0.25) is 0 Å². The second-order valence-electron chi connectivity index (χ2n) is 3.82. The summed E-state index contributed by atoms with van der Waals surface area (Å²) in [6.45, 7) is 2.10. The number of hydrogen-bond acceptors (Lipinski definition) is 3. The molecule has 1 heterocycles. The van der Waals surface area contributed by atoms with Crippen molar-refractivity contribution in [3.8, 4) is 0 Å². The molecule has 1 aromatic carbocycles. The monoisotopic (exact) mass is 192 g/mol. The van der Waals surface area contributed by atoms with Crippen molar-refractivity contribution in [1.29, 1.82) is 0 Å². The van der Waals surface area contributed by atoms with E-state index in [1.807, 2.05) is 24.3 Å². The lowest BCUT2D eigenvalue weighted by Crippen LogP contribution is -2.26. The minimum atomic E-state index is 0.111. The average Bonchev–Trinajstić information content (AvgIpc) is 2.65. The second kappa shape index (κ2) is 3.98. The molecule has 3 N–H and O–H groups in total. The number of aliphatic hydroxyl groups excluding tert-OH is 1. The first-order valence-corrected chi connectivity index (χ1v) is 5.00. The molecule has 1 atom stereocenters. The molecule has 0 saturated carbocycles. The minimum absolute atomic E-state index is 0.111. The van der Waals surface area contributed by atoms with Gasteiger partial charge in [0.05, 0.1) is 6.61 Å². The van der Waals surface area contributed by atoms with Crippen LogP contribution < -0.4 is 10.6 Å². The van der Waals surface area contributed by atoms with Gasteiger partial charge in [-0.1, -0.05) is 12.1 Å². The highest BCUT2D eigenvalue weighted by atomic mass is 16.3. The maximum absolute atomic E-state index is 8.90. The Hall–Kier alpha value is -1.06. The van der Waals surface area contributed by atoms with Crippen molar-refractivity contribution in [3.05, 3.63) is 29.8 Å². The van der Waals surface area contributed by atoms with Gasteiger partial charge in [0.15, 0.2) is 0 Å². The summed E-state index contributed by atoms with van der Waals surface area (Å²) < 4.78 is 0. The van der Waals surface area contributed by atoms with Crippen LogP contribution in [0.15, 0.2) is 24.3 Å². The standard InChI is InChI=1S/C11H16N2O/c12-10-5-6-13(7-10)11-3-1-9(8-14)2-4-11/h1-4,10,14H,5-8,12H2. The summed E-state index contributed by atoms with van der Waals surface area (Å²) in [5, 5.41) is 8.90. The Morgan fingerprint density at radius 2 is 2.07 bits per heavy atom. The molecule has 1 unspecified atom stereocenters. The summed E-state index contributed by atoms with van der Waals surface area (Å²) in [6.07, 6.45) is 1.07. The molecular weight excluding hydrogens is 176 g/mol. The summed E-state index contributed by atoms with van der Waals surface area (Å²) >= 11 is 0. The highest BCUT2D eigenvalue weighted by Crippen LogP contribution is 2.19. The van der Waals surface area contributed by atoms with Crippen LogP contribution in [-0.2, 0) is 6.61 Å². The molecule has 0 radical (unpaired) electrons. The first-order chi connectivity index (χ1) is 6.79. The molecule has 0 spiro atoms. The van der Waals surface area contributed by atoms with Crippen LogP contribution in [0.25, 0.3) is 0 Å². The lowest BCUT2D eigenvalue weighted by molar-refractivity contribution is 0.282. The van der Waals surface area contributed by atoms with Crippen LogP contribution in [-0.4, -0.2) is 24.2 Å². The molecule has 0 amide bonds. The van der Waals surface area contributed by atoms with Gasteiger partial charge in [-0.2, -0.15) is 0 Å². The van der Waals surface area contributed by atoms with Gasteiger partial charge < -0.3 is 15.7 Å². The number of aliphatic hydroxyl groups is 1. The van der Waals surface area contributed by atoms with Gasteiger partial charge in [0, 0.05) is 24.8 Å². The molecule has 1 fully saturated rings. The largest absolute Gasteiger partial charge is 0.392 e. The zero-order chi connectivity index (χ0) is 9.97. The maximum atomic E-state index is 8.90. The van der Waals surface area contributed by atoms with Gasteiger partial charge in [0.2, 0.25) is 0 Å². The quantitative estimate of drug-likeness (QED) is 0.725. The van der Waals surface area contributed by atoms with E-state index in [0.717, 1.165) is 25.1 Å². The van der Waals surface area contributed by atoms with E-state index >= 15 is 0 Å². The van der Waals surface area contributed by atoms with Crippen LogP contribution in [0.4, 0.5) is 5.69 Å². The molecule has 1 aliphatic rings. The third-order valence-electron chi connectivity index (χ3n) is 2.71. The van der Waals surface area contributed by atoms with E-state index in [4.69, 9.17) is 10.8 Å². The lowest BCUT2D eigenvalue weighted by Gasteiger charge is -2.18. The molecule has 2 rings (SSSR count). The fraction of sp³-hybridized carbons (Fsp3) is 0.455. The summed E-state index contributed by atoms with van der Waals surface area (Å²) in [4.78, 5) is 2.28. The molecular formula is C11H16N2O. The molecule has 14 heavy (non-hydrogen) atoms. The molecule has 3 nitrogen and oxygen atoms in total. The predicted octanol–water partition coefficient (Wildman–Crippen LogP) is 0.716. The molecule has 0 bridgehead atoms. The lowest BCUT2D eigenvalue weighted by atomic mass is 10.2. The molecule has 3 heteroatoms. The molecule has 0 aliphatic carbocycles. The molecule has 76 valence electrons. The Bertz CT molecular complexity index is 297. The second-order valence-corrected chi connectivity index (χ2v) is 3.82. The fourth-order valence-electron chi connectivity index (χ4n) is 1.83. The Kier molecular flexibility index (Phi) is 2.70. The van der Waals surface area contributed by atoms with Crippen molar-refractivity contribution in [2.45, 2.75) is 19.1 Å². The van der Waals surface area contributed by atoms with E-state index in [1.54, 1.807) is 0 Å². The van der Waals surface area contributed by atoms with Crippen molar-refractivity contribution in [2.24, 2.45) is 5.73 Å². The highest BCUT2D eigenvalue weighted by molar-refractivity contribution is 5.48. The summed E-state index contributed by atoms with van der Waals surface area (Å²) in [7, 11) is 0. The fourth-order valence-corrected chi connectivity index (χ4v) is 1.83. The van der Waals surface area contributed by atoms with E-state index in [-0.39, 0.29) is 6.61 Å². The van der Waals surface area contributed by atoms with E-state index < -0.39 is 0 Å². The zero-order valence-electron chi connectivity index (χ0n) is 8.19. The predicted molar refractivity (Wildman–Crippen MR) is 57.2 cm³/mol. The molecule has 1 saturated heterocycles. The minimum Gasteiger partial charge on any atom is -0.392 e. The van der Waals surface area contributed by atoms with Gasteiger partial charge in [-0.15, -0.1) is 0 Å². The Labute approximate surface area is 84.1 Å². The topological polar surface area (TPSA) is 49.5 Å². The van der Waals surface area contributed by atoms with Gasteiger partial charge in [0.1, 0.15) is 0 Å². The third-order valence-corrected chi connectivity index (χ3v) is 2.71. The van der Waals surface area contributed by atoms with Gasteiger partial charge in [-0.25, -0.2) is 0 Å². The van der Waals surface area contributed by atoms with E-state index in [9.17, 15) is 0 Å². The van der Waals surface area contributed by atoms with Crippen LogP contribution in [0.2, 0.25) is 0 Å². The van der Waals surface area contributed by atoms with Crippen molar-refractivity contribution >= 4 is 5.69 Å². The first kappa shape index (κ1) is 9.49. The number of nitrogens with zero attached hydrogens (tertiary/aromatic N) is 1. The van der Waals surface area contributed by atoms with Crippen LogP contribution in [0.3, 0.4) is 0 Å². The number of nitrogens with two attached hydrogens (primary N) is 1. The van der Waals surface area contributed by atoms with Gasteiger partial charge >= 0.3 is 0 Å². The van der Waals surface area contributed by atoms with Gasteiger partial charge in [-0.05, 0) is 24.1 Å². The van der Waals surface area contributed by atoms with Crippen LogP contribution in [0, 0.1) is 0 Å². The highest BCUT2D eigenvalue weighted by Gasteiger charge is 2.18. The van der Waals surface area contributed by atoms with E-state index in [1.165, 1.54) is 5.69 Å². The number of benzene rings is 1. The number of hydrogen-bond donors (Lipinski definition) is 2. The number of rotatable bonds is 2. The normalized spacial score (nSPS) is 21.6. The van der Waals surface area contributed by atoms with Crippen LogP contribution in [0.5, 0.6) is 0 Å². The Balaban J connectivity index is 2.09. The number of anilines is 1. The van der Waals surface area contributed by atoms with E-state index in [2.05, 4.69) is 4.90 Å². The molecule has 0 aromatic heterocycles. The summed E-state index contributed by atoms with van der Waals surface area (Å²) in [5.74, 6) is 0. The SMILES string of the molecule is NC1CCN(c2ccc(CO)cc2)C1. The van der Waals surface area contributed by atoms with Crippen molar-refractivity contribution in [3.63, 3.8) is 0 Å². The summed E-state index contributed by atoms with van der Waals surface area (Å²) in [5.41, 5.74) is 8.00. The Morgan fingerprint density at radius 3 is 2.57 bits per heavy atom. The molecule has 1 aromatic rings. The van der Waals surface area contributed by atoms with Crippen LogP contribution in [0.1, 0.15) is 12.0 Å². The van der Waals surface area contributed by atoms with Gasteiger partial charge in [0.25, 0.3) is 0 Å². The summed E-state index contributed by atoms with van der Waals surface area (Å²) in [6, 6.07) is 8.32. The smallest absolute Gasteiger partial charge is 0.0681 e. The van der Waals surface area contributed by atoms with Crippen LogP contribution >= 0.6 is 0 Å². The molecule has 1 aliphatic heterocycles. The first-order valence-electron chi connectivity index (χ1n) is 5.00. The van der Waals surface area contributed by atoms with Crippen molar-refractivity contribution < 1.29 is 5.11 Å². The zero-order valence-corrected chi connectivity index (χ0v) is 8.19.